The fourth-order valence-corrected chi connectivity index (χ4v) is 6.11. The standard InChI is InChI=1S/C39H74NO8P/c1-3-5-7-9-11-12-13-14-15-16-17-18-19-20-21-22-23-24-26-27-29-31-38(42)40-33-34-47-49(44,45)48-36-37(41)35-46-39(43)32-30-28-25-10-8-6-4-2/h11-12,14-15,37,41H,3-10,13,16-36H2,1-2H3,(H,40,42)(H,44,45)/b12-11-,15-14-. The Kier molecular flexibility index (Phi) is 35.2. The summed E-state index contributed by atoms with van der Waals surface area (Å²) in [6.07, 6.45) is 37.0. The minimum Gasteiger partial charge on any atom is -0.463 e. The van der Waals surface area contributed by atoms with Gasteiger partial charge in [-0.25, -0.2) is 4.57 Å². The number of unbranched alkanes of at least 4 members (excludes halogenated alkanes) is 20. The number of phosphoric acid groups is 1. The first-order valence-corrected chi connectivity index (χ1v) is 21.3. The van der Waals surface area contributed by atoms with Crippen molar-refractivity contribution in [2.75, 3.05) is 26.4 Å². The number of hydrogen-bond donors (Lipinski definition) is 3. The van der Waals surface area contributed by atoms with Gasteiger partial charge in [0.05, 0.1) is 13.2 Å². The van der Waals surface area contributed by atoms with Crippen LogP contribution in [0.2, 0.25) is 0 Å². The third kappa shape index (κ3) is 37.6. The van der Waals surface area contributed by atoms with Crippen LogP contribution in [-0.2, 0) is 27.9 Å². The van der Waals surface area contributed by atoms with Crippen LogP contribution in [0.25, 0.3) is 0 Å². The monoisotopic (exact) mass is 716 g/mol. The second-order valence-electron chi connectivity index (χ2n) is 13.3. The molecule has 0 radical (unpaired) electrons. The van der Waals surface area contributed by atoms with Crippen molar-refractivity contribution in [3.63, 3.8) is 0 Å². The fourth-order valence-electron chi connectivity index (χ4n) is 5.35. The van der Waals surface area contributed by atoms with Crippen LogP contribution in [0.5, 0.6) is 0 Å². The zero-order valence-electron chi connectivity index (χ0n) is 31.4. The van der Waals surface area contributed by atoms with Gasteiger partial charge in [-0.15, -0.1) is 0 Å². The molecule has 0 aromatic heterocycles. The molecule has 10 heteroatoms. The Hall–Kier alpha value is -1.51. The van der Waals surface area contributed by atoms with E-state index in [1.54, 1.807) is 0 Å². The number of hydrogen-bond acceptors (Lipinski definition) is 7. The van der Waals surface area contributed by atoms with E-state index in [9.17, 15) is 24.2 Å². The quantitative estimate of drug-likeness (QED) is 0.0251. The summed E-state index contributed by atoms with van der Waals surface area (Å²) in [7, 11) is -4.40. The Labute approximate surface area is 300 Å². The maximum atomic E-state index is 12.0. The summed E-state index contributed by atoms with van der Waals surface area (Å²) in [6, 6.07) is 0. The molecule has 288 valence electrons. The number of rotatable bonds is 37. The molecule has 0 saturated carbocycles. The van der Waals surface area contributed by atoms with E-state index in [1.807, 2.05) is 0 Å². The molecule has 9 nitrogen and oxygen atoms in total. The maximum Gasteiger partial charge on any atom is 0.472 e. The summed E-state index contributed by atoms with van der Waals surface area (Å²) in [5.74, 6) is -0.522. The molecule has 0 spiro atoms. The van der Waals surface area contributed by atoms with Crippen molar-refractivity contribution in [3.8, 4) is 0 Å². The van der Waals surface area contributed by atoms with Crippen LogP contribution in [0.3, 0.4) is 0 Å². The van der Waals surface area contributed by atoms with Crippen molar-refractivity contribution in [3.05, 3.63) is 24.3 Å². The molecular weight excluding hydrogens is 641 g/mol. The Morgan fingerprint density at radius 1 is 0.633 bits per heavy atom. The lowest BCUT2D eigenvalue weighted by molar-refractivity contribution is -0.147. The Morgan fingerprint density at radius 2 is 1.10 bits per heavy atom. The maximum absolute atomic E-state index is 12.0. The van der Waals surface area contributed by atoms with E-state index >= 15 is 0 Å². The number of amides is 1. The number of carbonyl (C=O) groups excluding carboxylic acids is 2. The van der Waals surface area contributed by atoms with Gasteiger partial charge in [-0.2, -0.15) is 0 Å². The van der Waals surface area contributed by atoms with Crippen molar-refractivity contribution in [2.45, 2.75) is 187 Å². The second-order valence-corrected chi connectivity index (χ2v) is 14.7. The Balaban J connectivity index is 3.55. The van der Waals surface area contributed by atoms with Gasteiger partial charge in [0.25, 0.3) is 0 Å². The summed E-state index contributed by atoms with van der Waals surface area (Å²) in [4.78, 5) is 33.6. The number of aliphatic hydroxyl groups is 1. The van der Waals surface area contributed by atoms with Crippen molar-refractivity contribution in [2.24, 2.45) is 0 Å². The van der Waals surface area contributed by atoms with Crippen molar-refractivity contribution >= 4 is 19.7 Å². The van der Waals surface area contributed by atoms with Crippen LogP contribution >= 0.6 is 7.82 Å². The summed E-state index contributed by atoms with van der Waals surface area (Å²) < 4.78 is 26.7. The molecular formula is C39H74NO8P. The molecule has 0 aliphatic carbocycles. The lowest BCUT2D eigenvalue weighted by atomic mass is 10.0. The topological polar surface area (TPSA) is 131 Å². The van der Waals surface area contributed by atoms with Gasteiger partial charge in [0.1, 0.15) is 12.7 Å². The van der Waals surface area contributed by atoms with Crippen LogP contribution in [0.15, 0.2) is 24.3 Å². The molecule has 0 heterocycles. The number of phosphoric ester groups is 1. The first-order valence-electron chi connectivity index (χ1n) is 19.8. The number of aliphatic hydroxyl groups excluding tert-OH is 1. The molecule has 2 atom stereocenters. The highest BCUT2D eigenvalue weighted by atomic mass is 31.2. The van der Waals surface area contributed by atoms with Crippen molar-refractivity contribution in [1.82, 2.24) is 5.32 Å². The predicted octanol–water partition coefficient (Wildman–Crippen LogP) is 10.4. The summed E-state index contributed by atoms with van der Waals surface area (Å²) in [6.45, 7) is 3.47. The molecule has 0 rings (SSSR count). The number of carbonyl (C=O) groups is 2. The molecule has 0 aliphatic heterocycles. The normalized spacial score (nSPS) is 13.6. The van der Waals surface area contributed by atoms with Gasteiger partial charge in [0.2, 0.25) is 5.91 Å². The van der Waals surface area contributed by atoms with E-state index in [-0.39, 0.29) is 32.1 Å². The van der Waals surface area contributed by atoms with Crippen molar-refractivity contribution < 1.29 is 37.9 Å². The third-order valence-corrected chi connectivity index (χ3v) is 9.37. The van der Waals surface area contributed by atoms with Crippen molar-refractivity contribution in [1.29, 1.82) is 0 Å². The fraction of sp³-hybridized carbons (Fsp3) is 0.846. The van der Waals surface area contributed by atoms with Crippen LogP contribution in [0, 0.1) is 0 Å². The first kappa shape index (κ1) is 47.5. The minimum absolute atomic E-state index is 0.0824. The van der Waals surface area contributed by atoms with Crippen LogP contribution < -0.4 is 5.32 Å². The number of nitrogens with one attached hydrogen (secondary N) is 1. The largest absolute Gasteiger partial charge is 0.472 e. The van der Waals surface area contributed by atoms with Gasteiger partial charge >= 0.3 is 13.8 Å². The molecule has 0 fully saturated rings. The lowest BCUT2D eigenvalue weighted by Crippen LogP contribution is -2.27. The first-order chi connectivity index (χ1) is 23.8. The average Bonchev–Trinajstić information content (AvgIpc) is 3.08. The minimum atomic E-state index is -4.40. The Bertz CT molecular complexity index is 866. The highest BCUT2D eigenvalue weighted by Crippen LogP contribution is 2.42. The van der Waals surface area contributed by atoms with Gasteiger partial charge in [-0.1, -0.05) is 147 Å². The molecule has 0 aromatic carbocycles. The van der Waals surface area contributed by atoms with Gasteiger partial charge in [0.15, 0.2) is 0 Å². The van der Waals surface area contributed by atoms with Crippen LogP contribution in [-0.4, -0.2) is 54.3 Å². The molecule has 0 bridgehead atoms. The SMILES string of the molecule is CCCCC/C=C\C/C=C\CCCCCCCCCCCCCC(=O)NCCOP(=O)(O)OCC(O)COC(=O)CCCCCCCCC. The molecule has 49 heavy (non-hydrogen) atoms. The molecule has 1 amide bonds. The van der Waals surface area contributed by atoms with E-state index in [0.29, 0.717) is 6.42 Å². The van der Waals surface area contributed by atoms with E-state index in [4.69, 9.17) is 13.8 Å². The Morgan fingerprint density at radius 3 is 1.67 bits per heavy atom. The molecule has 0 aromatic rings. The zero-order valence-corrected chi connectivity index (χ0v) is 32.3. The van der Waals surface area contributed by atoms with Gasteiger partial charge < -0.3 is 20.1 Å². The van der Waals surface area contributed by atoms with Gasteiger partial charge in [-0.3, -0.25) is 18.6 Å². The molecule has 3 N–H and O–H groups in total. The second kappa shape index (κ2) is 36.3. The summed E-state index contributed by atoms with van der Waals surface area (Å²) >= 11 is 0. The average molecular weight is 716 g/mol. The molecule has 2 unspecified atom stereocenters. The van der Waals surface area contributed by atoms with E-state index < -0.39 is 26.5 Å². The predicted molar refractivity (Wildman–Crippen MR) is 201 cm³/mol. The summed E-state index contributed by atoms with van der Waals surface area (Å²) in [5.41, 5.74) is 0. The van der Waals surface area contributed by atoms with E-state index in [1.165, 1.54) is 109 Å². The molecule has 0 aliphatic rings. The highest BCUT2D eigenvalue weighted by molar-refractivity contribution is 7.47. The lowest BCUT2D eigenvalue weighted by Gasteiger charge is -2.15. The highest BCUT2D eigenvalue weighted by Gasteiger charge is 2.23. The zero-order chi connectivity index (χ0) is 36.1. The van der Waals surface area contributed by atoms with Gasteiger partial charge in [0, 0.05) is 19.4 Å². The number of esters is 1. The molecule has 0 saturated heterocycles. The van der Waals surface area contributed by atoms with E-state index in [2.05, 4.69) is 43.5 Å². The van der Waals surface area contributed by atoms with Gasteiger partial charge in [-0.05, 0) is 44.9 Å². The van der Waals surface area contributed by atoms with Crippen LogP contribution in [0.4, 0.5) is 0 Å². The third-order valence-electron chi connectivity index (χ3n) is 8.38. The van der Waals surface area contributed by atoms with E-state index in [0.717, 1.165) is 44.9 Å². The van der Waals surface area contributed by atoms with Crippen LogP contribution in [0.1, 0.15) is 181 Å². The number of ether oxygens (including phenoxy) is 1. The number of allylic oxidation sites excluding steroid dienone is 4. The smallest absolute Gasteiger partial charge is 0.463 e. The summed E-state index contributed by atoms with van der Waals surface area (Å²) in [5, 5.41) is 12.6.